The maximum absolute atomic E-state index is 13.7. The Morgan fingerprint density at radius 3 is 2.14 bits per heavy atom. The van der Waals surface area contributed by atoms with E-state index in [0.29, 0.717) is 29.8 Å². The van der Waals surface area contributed by atoms with Crippen LogP contribution in [-0.4, -0.2) is 23.3 Å². The lowest BCUT2D eigenvalue weighted by Gasteiger charge is -2.21. The summed E-state index contributed by atoms with van der Waals surface area (Å²) in [5, 5.41) is 2.70. The highest BCUT2D eigenvalue weighted by Crippen LogP contribution is 2.12. The van der Waals surface area contributed by atoms with Crippen LogP contribution in [-0.2, 0) is 13.1 Å². The summed E-state index contributed by atoms with van der Waals surface area (Å²) in [7, 11) is 0. The number of hydrogen-bond acceptors (Lipinski definition) is 2. The Morgan fingerprint density at radius 2 is 1.48 bits per heavy atom. The molecule has 3 rings (SSSR count). The summed E-state index contributed by atoms with van der Waals surface area (Å²) in [5.74, 6) is -0.759. The van der Waals surface area contributed by atoms with Gasteiger partial charge in [-0.15, -0.1) is 0 Å². The van der Waals surface area contributed by atoms with Gasteiger partial charge in [-0.25, -0.2) is 4.39 Å². The number of carbonyl (C=O) groups is 2. The van der Waals surface area contributed by atoms with Crippen molar-refractivity contribution in [3.63, 3.8) is 0 Å². The molecule has 0 aromatic heterocycles. The number of amides is 2. The zero-order valence-corrected chi connectivity index (χ0v) is 16.3. The number of carbonyl (C=O) groups excluding carboxylic acids is 2. The molecule has 1 N–H and O–H groups in total. The molecule has 5 heteroatoms. The van der Waals surface area contributed by atoms with Gasteiger partial charge < -0.3 is 10.2 Å². The first-order valence-electron chi connectivity index (χ1n) is 9.53. The third-order valence-electron chi connectivity index (χ3n) is 4.68. The van der Waals surface area contributed by atoms with Crippen molar-refractivity contribution in [2.75, 3.05) is 6.54 Å². The first-order valence-corrected chi connectivity index (χ1v) is 9.53. The molecule has 4 nitrogen and oxygen atoms in total. The van der Waals surface area contributed by atoms with Crippen LogP contribution in [0.4, 0.5) is 4.39 Å². The van der Waals surface area contributed by atoms with Crippen molar-refractivity contribution < 1.29 is 14.0 Å². The summed E-state index contributed by atoms with van der Waals surface area (Å²) >= 11 is 0. The van der Waals surface area contributed by atoms with Crippen LogP contribution < -0.4 is 5.32 Å². The van der Waals surface area contributed by atoms with Gasteiger partial charge in [-0.2, -0.15) is 0 Å². The smallest absolute Gasteiger partial charge is 0.254 e. The van der Waals surface area contributed by atoms with Crippen LogP contribution in [0.5, 0.6) is 0 Å². The van der Waals surface area contributed by atoms with E-state index in [9.17, 15) is 14.0 Å². The molecule has 0 spiro atoms. The molecule has 0 bridgehead atoms. The second-order valence-electron chi connectivity index (χ2n) is 6.66. The van der Waals surface area contributed by atoms with Crippen LogP contribution >= 0.6 is 0 Å². The summed E-state index contributed by atoms with van der Waals surface area (Å²) in [6.45, 7) is 3.15. The van der Waals surface area contributed by atoms with Gasteiger partial charge in [0.05, 0.1) is 0 Å². The second kappa shape index (κ2) is 9.64. The summed E-state index contributed by atoms with van der Waals surface area (Å²) < 4.78 is 13.7. The SMILES string of the molecule is CCN(Cc1ccccc1)C(=O)c1ccc(C(=O)NCc2ccccc2F)cc1. The number of nitrogens with zero attached hydrogens (tertiary/aromatic N) is 1. The van der Waals surface area contributed by atoms with Gasteiger partial charge in [0.15, 0.2) is 0 Å². The van der Waals surface area contributed by atoms with Crippen LogP contribution in [0.2, 0.25) is 0 Å². The maximum Gasteiger partial charge on any atom is 0.254 e. The van der Waals surface area contributed by atoms with Gasteiger partial charge in [0, 0.05) is 36.3 Å². The predicted octanol–water partition coefficient (Wildman–Crippen LogP) is 4.42. The van der Waals surface area contributed by atoms with Gasteiger partial charge >= 0.3 is 0 Å². The first kappa shape index (κ1) is 20.3. The normalized spacial score (nSPS) is 10.4. The van der Waals surface area contributed by atoms with E-state index in [1.54, 1.807) is 47.4 Å². The molecule has 3 aromatic rings. The average molecular weight is 390 g/mol. The molecular formula is C24H23FN2O2. The lowest BCUT2D eigenvalue weighted by atomic mass is 10.1. The first-order chi connectivity index (χ1) is 14.1. The van der Waals surface area contributed by atoms with Crippen LogP contribution in [0.15, 0.2) is 78.9 Å². The Balaban J connectivity index is 1.63. The van der Waals surface area contributed by atoms with E-state index in [0.717, 1.165) is 5.56 Å². The third-order valence-corrected chi connectivity index (χ3v) is 4.68. The Morgan fingerprint density at radius 1 is 0.862 bits per heavy atom. The third kappa shape index (κ3) is 5.29. The number of hydrogen-bond donors (Lipinski definition) is 1. The molecule has 0 saturated carbocycles. The fraction of sp³-hybridized carbons (Fsp3) is 0.167. The van der Waals surface area contributed by atoms with Crippen molar-refractivity contribution in [1.82, 2.24) is 10.2 Å². The van der Waals surface area contributed by atoms with Crippen molar-refractivity contribution in [3.05, 3.63) is 107 Å². The Kier molecular flexibility index (Phi) is 6.74. The average Bonchev–Trinajstić information content (AvgIpc) is 2.77. The fourth-order valence-electron chi connectivity index (χ4n) is 3.00. The summed E-state index contributed by atoms with van der Waals surface area (Å²) in [5.41, 5.74) is 2.43. The molecule has 0 atom stereocenters. The minimum Gasteiger partial charge on any atom is -0.348 e. The summed E-state index contributed by atoms with van der Waals surface area (Å²) in [6, 6.07) is 22.6. The highest BCUT2D eigenvalue weighted by molar-refractivity contribution is 5.97. The fourth-order valence-corrected chi connectivity index (χ4v) is 3.00. The second-order valence-corrected chi connectivity index (χ2v) is 6.66. The van der Waals surface area contributed by atoms with E-state index in [4.69, 9.17) is 0 Å². The van der Waals surface area contributed by atoms with E-state index < -0.39 is 0 Å². The molecule has 2 amide bonds. The number of halogens is 1. The quantitative estimate of drug-likeness (QED) is 0.649. The zero-order chi connectivity index (χ0) is 20.6. The van der Waals surface area contributed by atoms with Gasteiger partial charge in [0.1, 0.15) is 5.82 Å². The maximum atomic E-state index is 13.7. The van der Waals surface area contributed by atoms with Crippen molar-refractivity contribution >= 4 is 11.8 Å². The number of rotatable bonds is 7. The lowest BCUT2D eigenvalue weighted by Crippen LogP contribution is -2.30. The predicted molar refractivity (Wildman–Crippen MR) is 111 cm³/mol. The molecule has 0 radical (unpaired) electrons. The molecule has 0 aliphatic rings. The lowest BCUT2D eigenvalue weighted by molar-refractivity contribution is 0.0752. The van der Waals surface area contributed by atoms with Crippen molar-refractivity contribution in [1.29, 1.82) is 0 Å². The minimum absolute atomic E-state index is 0.0883. The van der Waals surface area contributed by atoms with Crippen LogP contribution in [0.3, 0.4) is 0 Å². The van der Waals surface area contributed by atoms with Gasteiger partial charge in [-0.05, 0) is 42.8 Å². The summed E-state index contributed by atoms with van der Waals surface area (Å²) in [4.78, 5) is 26.9. The largest absolute Gasteiger partial charge is 0.348 e. The van der Waals surface area contributed by atoms with Crippen molar-refractivity contribution in [2.45, 2.75) is 20.0 Å². The number of benzene rings is 3. The van der Waals surface area contributed by atoms with Crippen LogP contribution in [0.1, 0.15) is 38.8 Å². The standard InChI is InChI=1S/C24H23FN2O2/c1-2-27(17-18-8-4-3-5-9-18)24(29)20-14-12-19(13-15-20)23(28)26-16-21-10-6-7-11-22(21)25/h3-15H,2,16-17H2,1H3,(H,26,28). The Labute approximate surface area is 170 Å². The van der Waals surface area contributed by atoms with E-state index in [2.05, 4.69) is 5.32 Å². The molecule has 29 heavy (non-hydrogen) atoms. The van der Waals surface area contributed by atoms with E-state index >= 15 is 0 Å². The van der Waals surface area contributed by atoms with Crippen molar-refractivity contribution in [3.8, 4) is 0 Å². The monoisotopic (exact) mass is 390 g/mol. The van der Waals surface area contributed by atoms with Gasteiger partial charge in [-0.1, -0.05) is 48.5 Å². The molecular weight excluding hydrogens is 367 g/mol. The Hall–Kier alpha value is -3.47. The molecule has 0 fully saturated rings. The van der Waals surface area contributed by atoms with Crippen molar-refractivity contribution in [2.24, 2.45) is 0 Å². The molecule has 148 valence electrons. The minimum atomic E-state index is -0.355. The molecule has 0 aliphatic carbocycles. The number of nitrogens with one attached hydrogen (secondary N) is 1. The highest BCUT2D eigenvalue weighted by atomic mass is 19.1. The van der Waals surface area contributed by atoms with E-state index in [-0.39, 0.29) is 24.2 Å². The van der Waals surface area contributed by atoms with E-state index in [1.165, 1.54) is 6.07 Å². The zero-order valence-electron chi connectivity index (χ0n) is 16.3. The molecule has 3 aromatic carbocycles. The Bertz CT molecular complexity index is 972. The van der Waals surface area contributed by atoms with Crippen LogP contribution in [0.25, 0.3) is 0 Å². The molecule has 0 aliphatic heterocycles. The molecule has 0 heterocycles. The van der Waals surface area contributed by atoms with Gasteiger partial charge in [0.2, 0.25) is 0 Å². The van der Waals surface area contributed by atoms with E-state index in [1.807, 2.05) is 37.3 Å². The highest BCUT2D eigenvalue weighted by Gasteiger charge is 2.15. The van der Waals surface area contributed by atoms with Crippen LogP contribution in [0, 0.1) is 5.82 Å². The topological polar surface area (TPSA) is 49.4 Å². The molecule has 0 saturated heterocycles. The van der Waals surface area contributed by atoms with Gasteiger partial charge in [-0.3, -0.25) is 9.59 Å². The summed E-state index contributed by atoms with van der Waals surface area (Å²) in [6.07, 6.45) is 0. The van der Waals surface area contributed by atoms with Gasteiger partial charge in [0.25, 0.3) is 11.8 Å². The molecule has 0 unspecified atom stereocenters.